The molecule has 0 aliphatic carbocycles. The Balaban J connectivity index is 1.77. The number of nitrogens with zero attached hydrogens (tertiary/aromatic N) is 3. The molecule has 6 heteroatoms. The maximum Gasteiger partial charge on any atom is 0.159 e. The molecule has 4 nitrogen and oxygen atoms in total. The van der Waals surface area contributed by atoms with Crippen molar-refractivity contribution in [1.29, 1.82) is 0 Å². The Morgan fingerprint density at radius 3 is 2.43 bits per heavy atom. The molecular formula is C22H16ClN3OS. The van der Waals surface area contributed by atoms with Gasteiger partial charge in [-0.1, -0.05) is 47.6 Å². The van der Waals surface area contributed by atoms with E-state index >= 15 is 0 Å². The Morgan fingerprint density at radius 2 is 1.79 bits per heavy atom. The molecule has 0 unspecified atom stereocenters. The zero-order valence-corrected chi connectivity index (χ0v) is 16.6. The zero-order valence-electron chi connectivity index (χ0n) is 15.0. The van der Waals surface area contributed by atoms with Crippen molar-refractivity contribution in [2.45, 2.75) is 16.7 Å². The molecule has 0 radical (unpaired) electrons. The van der Waals surface area contributed by atoms with Crippen molar-refractivity contribution in [3.05, 3.63) is 89.8 Å². The molecule has 0 atom stereocenters. The maximum atomic E-state index is 11.6. The second-order valence-electron chi connectivity index (χ2n) is 6.19. The molecule has 4 rings (SSSR count). The van der Waals surface area contributed by atoms with Crippen LogP contribution in [0.15, 0.2) is 89.0 Å². The molecule has 2 aromatic carbocycles. The molecule has 0 aliphatic heterocycles. The van der Waals surface area contributed by atoms with Crippen LogP contribution in [0.5, 0.6) is 0 Å². The highest BCUT2D eigenvalue weighted by Gasteiger charge is 2.14. The van der Waals surface area contributed by atoms with Gasteiger partial charge >= 0.3 is 0 Å². The Morgan fingerprint density at radius 1 is 1.04 bits per heavy atom. The summed E-state index contributed by atoms with van der Waals surface area (Å²) in [6, 6.07) is 19.1. The van der Waals surface area contributed by atoms with Crippen molar-refractivity contribution < 1.29 is 4.79 Å². The number of hydrogen-bond donors (Lipinski definition) is 0. The lowest BCUT2D eigenvalue weighted by atomic mass is 10.1. The number of halogens is 1. The van der Waals surface area contributed by atoms with Gasteiger partial charge in [0, 0.05) is 33.4 Å². The van der Waals surface area contributed by atoms with Gasteiger partial charge in [0.15, 0.2) is 5.78 Å². The average Bonchev–Trinajstić information content (AvgIpc) is 3.14. The monoisotopic (exact) mass is 405 g/mol. The van der Waals surface area contributed by atoms with Crippen LogP contribution in [0.4, 0.5) is 0 Å². The molecule has 0 fully saturated rings. The van der Waals surface area contributed by atoms with E-state index in [-0.39, 0.29) is 5.78 Å². The summed E-state index contributed by atoms with van der Waals surface area (Å²) in [7, 11) is 0. The number of rotatable bonds is 5. The largest absolute Gasteiger partial charge is 0.295 e. The lowest BCUT2D eigenvalue weighted by Gasteiger charge is -2.04. The summed E-state index contributed by atoms with van der Waals surface area (Å²) in [6.45, 7) is 1.56. The van der Waals surface area contributed by atoms with Crippen molar-refractivity contribution in [3.8, 4) is 16.9 Å². The van der Waals surface area contributed by atoms with Gasteiger partial charge in [0.2, 0.25) is 0 Å². The third-order valence-corrected chi connectivity index (χ3v) is 5.48. The molecule has 0 amide bonds. The van der Waals surface area contributed by atoms with Gasteiger partial charge < -0.3 is 0 Å². The van der Waals surface area contributed by atoms with Crippen LogP contribution in [0.1, 0.15) is 17.3 Å². The summed E-state index contributed by atoms with van der Waals surface area (Å²) in [4.78, 5) is 17.8. The lowest BCUT2D eigenvalue weighted by Crippen LogP contribution is -1.95. The van der Waals surface area contributed by atoms with Crippen molar-refractivity contribution >= 4 is 29.1 Å². The van der Waals surface area contributed by atoms with E-state index in [0.717, 1.165) is 26.7 Å². The topological polar surface area (TPSA) is 47.8 Å². The Labute approximate surface area is 172 Å². The van der Waals surface area contributed by atoms with Crippen molar-refractivity contribution in [2.24, 2.45) is 0 Å². The summed E-state index contributed by atoms with van der Waals surface area (Å²) in [5.41, 5.74) is 3.36. The Hall–Kier alpha value is -2.89. The Bertz CT molecular complexity index is 1110. The number of aromatic nitrogens is 3. The summed E-state index contributed by atoms with van der Waals surface area (Å²) in [5, 5.41) is 5.49. The fraction of sp³-hybridized carbons (Fsp3) is 0.0455. The van der Waals surface area contributed by atoms with E-state index < -0.39 is 0 Å². The predicted molar refractivity (Wildman–Crippen MR) is 112 cm³/mol. The summed E-state index contributed by atoms with van der Waals surface area (Å²) >= 11 is 7.62. The van der Waals surface area contributed by atoms with E-state index in [1.54, 1.807) is 31.1 Å². The molecule has 138 valence electrons. The standard InChI is InChI=1S/C22H16ClN3OS/c1-15(27)16-4-6-17(7-5-16)22-21(28-20-10-8-18(23)9-11-20)14-26(25-22)19-3-2-12-24-13-19/h2-14H,1H3. The number of benzene rings is 2. The van der Waals surface area contributed by atoms with Crippen LogP contribution in [0.2, 0.25) is 5.02 Å². The highest BCUT2D eigenvalue weighted by atomic mass is 35.5. The first-order chi connectivity index (χ1) is 13.6. The second-order valence-corrected chi connectivity index (χ2v) is 7.74. The van der Waals surface area contributed by atoms with Crippen LogP contribution in [0.25, 0.3) is 16.9 Å². The molecule has 0 saturated heterocycles. The first-order valence-electron chi connectivity index (χ1n) is 8.65. The first-order valence-corrected chi connectivity index (χ1v) is 9.84. The maximum absolute atomic E-state index is 11.6. The predicted octanol–water partition coefficient (Wildman–Crippen LogP) is 5.94. The SMILES string of the molecule is CC(=O)c1ccc(-c2nn(-c3cccnc3)cc2Sc2ccc(Cl)cc2)cc1. The quantitative estimate of drug-likeness (QED) is 0.385. The number of carbonyl (C=O) groups excluding carboxylic acids is 1. The molecule has 0 N–H and O–H groups in total. The Kier molecular flexibility index (Phi) is 5.28. The van der Waals surface area contributed by atoms with Crippen LogP contribution in [0.3, 0.4) is 0 Å². The van der Waals surface area contributed by atoms with Gasteiger partial charge in [-0.2, -0.15) is 5.10 Å². The smallest absolute Gasteiger partial charge is 0.159 e. The van der Waals surface area contributed by atoms with Crippen LogP contribution in [-0.4, -0.2) is 20.5 Å². The molecule has 2 heterocycles. The number of carbonyl (C=O) groups is 1. The second kappa shape index (κ2) is 8.00. The van der Waals surface area contributed by atoms with Gasteiger partial charge in [-0.15, -0.1) is 0 Å². The van der Waals surface area contributed by atoms with Gasteiger partial charge in [0.1, 0.15) is 5.69 Å². The number of Topliss-reactive ketones (excluding diaryl/α,β-unsaturated/α-hetero) is 1. The fourth-order valence-corrected chi connectivity index (χ4v) is 3.81. The lowest BCUT2D eigenvalue weighted by molar-refractivity contribution is 0.101. The molecule has 28 heavy (non-hydrogen) atoms. The molecule has 0 saturated carbocycles. The third kappa shape index (κ3) is 4.01. The van der Waals surface area contributed by atoms with Crippen LogP contribution < -0.4 is 0 Å². The van der Waals surface area contributed by atoms with E-state index in [4.69, 9.17) is 16.7 Å². The zero-order chi connectivity index (χ0) is 19.5. The minimum Gasteiger partial charge on any atom is -0.295 e. The van der Waals surface area contributed by atoms with Crippen LogP contribution in [-0.2, 0) is 0 Å². The van der Waals surface area contributed by atoms with E-state index in [2.05, 4.69) is 4.98 Å². The van der Waals surface area contributed by atoms with Crippen LogP contribution >= 0.6 is 23.4 Å². The first kappa shape index (κ1) is 18.5. The van der Waals surface area contributed by atoms with Gasteiger partial charge in [-0.05, 0) is 43.3 Å². The number of ketones is 1. The summed E-state index contributed by atoms with van der Waals surface area (Å²) < 4.78 is 1.82. The highest BCUT2D eigenvalue weighted by Crippen LogP contribution is 2.36. The molecule has 0 aliphatic rings. The minimum atomic E-state index is 0.0446. The number of hydrogen-bond acceptors (Lipinski definition) is 4. The van der Waals surface area contributed by atoms with Crippen molar-refractivity contribution in [2.75, 3.05) is 0 Å². The molecular weight excluding hydrogens is 390 g/mol. The molecule has 4 aromatic rings. The minimum absolute atomic E-state index is 0.0446. The normalized spacial score (nSPS) is 10.8. The van der Waals surface area contributed by atoms with Gasteiger partial charge in [0.25, 0.3) is 0 Å². The van der Waals surface area contributed by atoms with Crippen LogP contribution in [0, 0.1) is 0 Å². The summed E-state index contributed by atoms with van der Waals surface area (Å²) in [6.07, 6.45) is 5.49. The molecule has 0 spiro atoms. The average molecular weight is 406 g/mol. The third-order valence-electron chi connectivity index (χ3n) is 4.20. The van der Waals surface area contributed by atoms with Gasteiger partial charge in [-0.3, -0.25) is 9.78 Å². The van der Waals surface area contributed by atoms with Crippen molar-refractivity contribution in [1.82, 2.24) is 14.8 Å². The molecule has 2 aromatic heterocycles. The highest BCUT2D eigenvalue weighted by molar-refractivity contribution is 7.99. The van der Waals surface area contributed by atoms with E-state index in [1.807, 2.05) is 71.5 Å². The van der Waals surface area contributed by atoms with Gasteiger partial charge in [-0.25, -0.2) is 4.68 Å². The van der Waals surface area contributed by atoms with E-state index in [0.29, 0.717) is 10.6 Å². The number of pyridine rings is 1. The van der Waals surface area contributed by atoms with E-state index in [1.165, 1.54) is 0 Å². The van der Waals surface area contributed by atoms with Gasteiger partial charge in [0.05, 0.1) is 16.8 Å². The fourth-order valence-electron chi connectivity index (χ4n) is 2.75. The summed E-state index contributed by atoms with van der Waals surface area (Å²) in [5.74, 6) is 0.0446. The molecule has 0 bridgehead atoms. The van der Waals surface area contributed by atoms with Crippen molar-refractivity contribution in [3.63, 3.8) is 0 Å². The van der Waals surface area contributed by atoms with E-state index in [9.17, 15) is 4.79 Å².